The standard InChI is InChI=1S/C15H18F2N2OS/c1-11(19-10-14-18-8-9-21-14)2-3-12-4-6-13(7-5-12)20-15(16)17/h4-9,11,15,19H,2-3,10H2,1H3. The lowest BCUT2D eigenvalue weighted by molar-refractivity contribution is -0.0498. The lowest BCUT2D eigenvalue weighted by atomic mass is 10.1. The van der Waals surface area contributed by atoms with Crippen molar-refractivity contribution in [1.29, 1.82) is 0 Å². The van der Waals surface area contributed by atoms with Crippen molar-refractivity contribution in [1.82, 2.24) is 10.3 Å². The molecule has 1 heterocycles. The summed E-state index contributed by atoms with van der Waals surface area (Å²) in [5.74, 6) is 0.198. The van der Waals surface area contributed by atoms with E-state index < -0.39 is 6.61 Å². The second kappa shape index (κ2) is 8.05. The molecule has 1 aromatic heterocycles. The molecule has 3 nitrogen and oxygen atoms in total. The van der Waals surface area contributed by atoms with E-state index in [1.54, 1.807) is 29.7 Å². The van der Waals surface area contributed by atoms with E-state index in [1.165, 1.54) is 0 Å². The summed E-state index contributed by atoms with van der Waals surface area (Å²) in [6.07, 6.45) is 3.66. The summed E-state index contributed by atoms with van der Waals surface area (Å²) < 4.78 is 28.4. The summed E-state index contributed by atoms with van der Waals surface area (Å²) in [5.41, 5.74) is 1.11. The Bertz CT molecular complexity index is 517. The number of aryl methyl sites for hydroxylation is 1. The number of halogens is 2. The van der Waals surface area contributed by atoms with Crippen molar-refractivity contribution in [3.05, 3.63) is 46.4 Å². The highest BCUT2D eigenvalue weighted by molar-refractivity contribution is 7.09. The number of ether oxygens (including phenoxy) is 1. The van der Waals surface area contributed by atoms with Gasteiger partial charge in [-0.15, -0.1) is 11.3 Å². The van der Waals surface area contributed by atoms with Crippen LogP contribution in [0.1, 0.15) is 23.9 Å². The van der Waals surface area contributed by atoms with Crippen LogP contribution in [0.5, 0.6) is 5.75 Å². The minimum Gasteiger partial charge on any atom is -0.435 e. The molecule has 0 aliphatic heterocycles. The number of alkyl halides is 2. The average molecular weight is 312 g/mol. The Hall–Kier alpha value is -1.53. The van der Waals surface area contributed by atoms with Crippen LogP contribution in [0.4, 0.5) is 8.78 Å². The molecule has 0 fully saturated rings. The van der Waals surface area contributed by atoms with E-state index in [4.69, 9.17) is 0 Å². The number of aromatic nitrogens is 1. The maximum Gasteiger partial charge on any atom is 0.387 e. The lowest BCUT2D eigenvalue weighted by Crippen LogP contribution is -2.25. The quantitative estimate of drug-likeness (QED) is 0.804. The van der Waals surface area contributed by atoms with Crippen LogP contribution in [-0.4, -0.2) is 17.6 Å². The Morgan fingerprint density at radius 2 is 2.05 bits per heavy atom. The smallest absolute Gasteiger partial charge is 0.387 e. The Balaban J connectivity index is 1.71. The van der Waals surface area contributed by atoms with Crippen LogP contribution in [0.3, 0.4) is 0 Å². The highest BCUT2D eigenvalue weighted by Crippen LogP contribution is 2.16. The second-order valence-corrected chi connectivity index (χ2v) is 5.75. The molecule has 0 aliphatic rings. The summed E-state index contributed by atoms with van der Waals surface area (Å²) in [5, 5.41) is 6.46. The van der Waals surface area contributed by atoms with Crippen LogP contribution in [0.25, 0.3) is 0 Å². The molecule has 21 heavy (non-hydrogen) atoms. The molecule has 6 heteroatoms. The minimum absolute atomic E-state index is 0.198. The fraction of sp³-hybridized carbons (Fsp3) is 0.400. The van der Waals surface area contributed by atoms with Crippen LogP contribution < -0.4 is 10.1 Å². The van der Waals surface area contributed by atoms with Crippen molar-refractivity contribution in [3.63, 3.8) is 0 Å². The van der Waals surface area contributed by atoms with Gasteiger partial charge < -0.3 is 10.1 Å². The zero-order valence-electron chi connectivity index (χ0n) is 11.8. The van der Waals surface area contributed by atoms with Gasteiger partial charge in [-0.3, -0.25) is 0 Å². The molecule has 0 aliphatic carbocycles. The monoisotopic (exact) mass is 312 g/mol. The number of nitrogens with one attached hydrogen (secondary N) is 1. The first-order chi connectivity index (χ1) is 10.1. The summed E-state index contributed by atoms with van der Waals surface area (Å²) in [7, 11) is 0. The van der Waals surface area contributed by atoms with Crippen LogP contribution in [0.15, 0.2) is 35.8 Å². The van der Waals surface area contributed by atoms with E-state index in [1.807, 2.05) is 17.5 Å². The molecular formula is C15H18F2N2OS. The fourth-order valence-corrected chi connectivity index (χ4v) is 2.49. The van der Waals surface area contributed by atoms with Gasteiger partial charge in [0, 0.05) is 24.2 Å². The van der Waals surface area contributed by atoms with E-state index >= 15 is 0 Å². The number of rotatable bonds is 8. The minimum atomic E-state index is -2.77. The summed E-state index contributed by atoms with van der Waals surface area (Å²) >= 11 is 1.64. The highest BCUT2D eigenvalue weighted by atomic mass is 32.1. The van der Waals surface area contributed by atoms with Crippen molar-refractivity contribution in [3.8, 4) is 5.75 Å². The summed E-state index contributed by atoms with van der Waals surface area (Å²) in [6, 6.07) is 7.17. The van der Waals surface area contributed by atoms with Crippen LogP contribution in [0.2, 0.25) is 0 Å². The van der Waals surface area contributed by atoms with Crippen LogP contribution in [-0.2, 0) is 13.0 Å². The maximum absolute atomic E-state index is 12.0. The number of nitrogens with zero attached hydrogens (tertiary/aromatic N) is 1. The van der Waals surface area contributed by atoms with E-state index in [0.29, 0.717) is 6.04 Å². The van der Waals surface area contributed by atoms with Gasteiger partial charge in [-0.25, -0.2) is 4.98 Å². The second-order valence-electron chi connectivity index (χ2n) is 4.77. The van der Waals surface area contributed by atoms with Gasteiger partial charge in [0.05, 0.1) is 0 Å². The Labute approximate surface area is 127 Å². The van der Waals surface area contributed by atoms with Gasteiger partial charge in [-0.05, 0) is 37.5 Å². The van der Waals surface area contributed by atoms with Gasteiger partial charge in [-0.1, -0.05) is 12.1 Å². The molecule has 114 valence electrons. The summed E-state index contributed by atoms with van der Waals surface area (Å²) in [6.45, 7) is 0.132. The first-order valence-corrected chi connectivity index (χ1v) is 7.67. The fourth-order valence-electron chi connectivity index (χ4n) is 1.92. The molecular weight excluding hydrogens is 294 g/mol. The largest absolute Gasteiger partial charge is 0.435 e. The van der Waals surface area contributed by atoms with E-state index in [9.17, 15) is 8.78 Å². The number of benzene rings is 1. The Morgan fingerprint density at radius 3 is 2.67 bits per heavy atom. The normalized spacial score (nSPS) is 12.6. The highest BCUT2D eigenvalue weighted by Gasteiger charge is 2.06. The van der Waals surface area contributed by atoms with E-state index in [2.05, 4.69) is 22.0 Å². The third kappa shape index (κ3) is 5.77. The predicted molar refractivity (Wildman–Crippen MR) is 79.8 cm³/mol. The molecule has 0 spiro atoms. The van der Waals surface area contributed by atoms with Crippen molar-refractivity contribution < 1.29 is 13.5 Å². The molecule has 1 unspecified atom stereocenters. The zero-order chi connectivity index (χ0) is 15.1. The molecule has 0 amide bonds. The van der Waals surface area contributed by atoms with Gasteiger partial charge >= 0.3 is 6.61 Å². The van der Waals surface area contributed by atoms with Gasteiger partial charge in [0.2, 0.25) is 0 Å². The third-order valence-electron chi connectivity index (χ3n) is 3.10. The topological polar surface area (TPSA) is 34.1 Å². The molecule has 2 rings (SSSR count). The van der Waals surface area contributed by atoms with Crippen LogP contribution >= 0.6 is 11.3 Å². The lowest BCUT2D eigenvalue weighted by Gasteiger charge is -2.13. The molecule has 2 aromatic rings. The third-order valence-corrected chi connectivity index (χ3v) is 3.88. The van der Waals surface area contributed by atoms with Gasteiger partial charge in [0.1, 0.15) is 10.8 Å². The Kier molecular flexibility index (Phi) is 6.07. The molecule has 0 bridgehead atoms. The van der Waals surface area contributed by atoms with Crippen LogP contribution in [0, 0.1) is 0 Å². The summed E-state index contributed by atoms with van der Waals surface area (Å²) in [4.78, 5) is 4.22. The number of hydrogen-bond donors (Lipinski definition) is 1. The van der Waals surface area contributed by atoms with E-state index in [-0.39, 0.29) is 5.75 Å². The number of hydrogen-bond acceptors (Lipinski definition) is 4. The molecule has 0 radical (unpaired) electrons. The zero-order valence-corrected chi connectivity index (χ0v) is 12.6. The molecule has 1 N–H and O–H groups in total. The van der Waals surface area contributed by atoms with Gasteiger partial charge in [0.25, 0.3) is 0 Å². The predicted octanol–water partition coefficient (Wildman–Crippen LogP) is 3.86. The molecule has 0 saturated carbocycles. The van der Waals surface area contributed by atoms with Gasteiger partial charge in [-0.2, -0.15) is 8.78 Å². The number of thiazole rings is 1. The molecule has 1 atom stereocenters. The van der Waals surface area contributed by atoms with Gasteiger partial charge in [0.15, 0.2) is 0 Å². The SMILES string of the molecule is CC(CCc1ccc(OC(F)F)cc1)NCc1nccs1. The van der Waals surface area contributed by atoms with Crippen molar-refractivity contribution in [2.24, 2.45) is 0 Å². The average Bonchev–Trinajstić information content (AvgIpc) is 2.97. The first kappa shape index (κ1) is 15.9. The molecule has 0 saturated heterocycles. The molecule has 1 aromatic carbocycles. The Morgan fingerprint density at radius 1 is 1.29 bits per heavy atom. The van der Waals surface area contributed by atoms with Crippen molar-refractivity contribution >= 4 is 11.3 Å². The van der Waals surface area contributed by atoms with Crippen molar-refractivity contribution in [2.45, 2.75) is 39.0 Å². The van der Waals surface area contributed by atoms with E-state index in [0.717, 1.165) is 30.0 Å². The van der Waals surface area contributed by atoms with Crippen molar-refractivity contribution in [2.75, 3.05) is 0 Å². The first-order valence-electron chi connectivity index (χ1n) is 6.79. The maximum atomic E-state index is 12.0.